The standard InChI is InChI=1S/C23H23N5OS/c1-17-6-10-20(11-7-17)28-22(27-12-14-29-15-13-27)25-26-23(28)30-16-19-9-8-18-4-2-3-5-21(18)24-19/h2-11H,12-16H2,1H3. The van der Waals surface area contributed by atoms with Crippen molar-refractivity contribution in [3.63, 3.8) is 0 Å². The SMILES string of the molecule is Cc1ccc(-n2c(SCc3ccc4ccccc4n3)nnc2N2CCOCC2)cc1. The first-order valence-corrected chi connectivity index (χ1v) is 11.1. The van der Waals surface area contributed by atoms with Gasteiger partial charge in [0, 0.05) is 24.2 Å². The fraction of sp³-hybridized carbons (Fsp3) is 0.261. The molecule has 0 spiro atoms. The third-order valence-corrected chi connectivity index (χ3v) is 6.17. The zero-order valence-corrected chi connectivity index (χ0v) is 17.7. The van der Waals surface area contributed by atoms with Crippen molar-refractivity contribution in [1.82, 2.24) is 19.7 Å². The molecule has 6 nitrogen and oxygen atoms in total. The fourth-order valence-electron chi connectivity index (χ4n) is 3.57. The van der Waals surface area contributed by atoms with Gasteiger partial charge >= 0.3 is 0 Å². The molecule has 1 fully saturated rings. The number of aromatic nitrogens is 4. The van der Waals surface area contributed by atoms with Crippen LogP contribution in [0.1, 0.15) is 11.3 Å². The Kier molecular flexibility index (Phi) is 5.38. The molecule has 2 aromatic carbocycles. The lowest BCUT2D eigenvalue weighted by Gasteiger charge is -2.28. The number of para-hydroxylation sites is 1. The van der Waals surface area contributed by atoms with E-state index in [-0.39, 0.29) is 0 Å². The molecule has 5 rings (SSSR count). The molecule has 0 atom stereocenters. The minimum absolute atomic E-state index is 0.713. The zero-order valence-electron chi connectivity index (χ0n) is 16.9. The second-order valence-electron chi connectivity index (χ2n) is 7.34. The average Bonchev–Trinajstić information content (AvgIpc) is 3.22. The Morgan fingerprint density at radius 2 is 1.73 bits per heavy atom. The summed E-state index contributed by atoms with van der Waals surface area (Å²) >= 11 is 1.66. The molecule has 0 amide bonds. The summed E-state index contributed by atoms with van der Waals surface area (Å²) in [5, 5.41) is 11.1. The number of thioether (sulfide) groups is 1. The molecule has 0 radical (unpaired) electrons. The van der Waals surface area contributed by atoms with Gasteiger partial charge in [0.25, 0.3) is 0 Å². The highest BCUT2D eigenvalue weighted by Crippen LogP contribution is 2.29. The van der Waals surface area contributed by atoms with Crippen molar-refractivity contribution in [2.45, 2.75) is 17.8 Å². The predicted octanol–water partition coefficient (Wildman–Crippen LogP) is 4.25. The predicted molar refractivity (Wildman–Crippen MR) is 120 cm³/mol. The molecule has 0 N–H and O–H groups in total. The maximum absolute atomic E-state index is 5.52. The molecule has 2 aromatic heterocycles. The van der Waals surface area contributed by atoms with Gasteiger partial charge in [-0.3, -0.25) is 9.55 Å². The largest absolute Gasteiger partial charge is 0.378 e. The lowest BCUT2D eigenvalue weighted by molar-refractivity contribution is 0.122. The summed E-state index contributed by atoms with van der Waals surface area (Å²) in [5.41, 5.74) is 4.35. The number of aryl methyl sites for hydroxylation is 1. The third-order valence-electron chi connectivity index (χ3n) is 5.21. The Morgan fingerprint density at radius 1 is 0.933 bits per heavy atom. The first-order valence-electron chi connectivity index (χ1n) is 10.1. The van der Waals surface area contributed by atoms with E-state index in [0.717, 1.165) is 52.2 Å². The second-order valence-corrected chi connectivity index (χ2v) is 8.28. The van der Waals surface area contributed by atoms with Gasteiger partial charge < -0.3 is 9.64 Å². The van der Waals surface area contributed by atoms with Gasteiger partial charge in [0.05, 0.1) is 30.1 Å². The van der Waals surface area contributed by atoms with Crippen LogP contribution in [0.2, 0.25) is 0 Å². The topological polar surface area (TPSA) is 56.1 Å². The molecule has 0 unspecified atom stereocenters. The van der Waals surface area contributed by atoms with Crippen molar-refractivity contribution < 1.29 is 4.74 Å². The van der Waals surface area contributed by atoms with Gasteiger partial charge in [-0.25, -0.2) is 0 Å². The molecule has 3 heterocycles. The normalized spacial score (nSPS) is 14.4. The summed E-state index contributed by atoms with van der Waals surface area (Å²) in [6.45, 7) is 5.16. The number of anilines is 1. The Balaban J connectivity index is 1.45. The van der Waals surface area contributed by atoms with Crippen LogP contribution in [-0.2, 0) is 10.5 Å². The number of ether oxygens (including phenoxy) is 1. The molecule has 1 aliphatic rings. The van der Waals surface area contributed by atoms with Gasteiger partial charge in [-0.05, 0) is 31.2 Å². The Morgan fingerprint density at radius 3 is 2.57 bits per heavy atom. The second kappa shape index (κ2) is 8.45. The molecular weight excluding hydrogens is 394 g/mol. The van der Waals surface area contributed by atoms with E-state index in [1.54, 1.807) is 11.8 Å². The number of rotatable bonds is 5. The number of benzene rings is 2. The minimum Gasteiger partial charge on any atom is -0.378 e. The molecule has 0 bridgehead atoms. The van der Waals surface area contributed by atoms with Gasteiger partial charge in [-0.15, -0.1) is 10.2 Å². The Bertz CT molecular complexity index is 1150. The Hall–Kier alpha value is -2.90. The average molecular weight is 418 g/mol. The first-order chi connectivity index (χ1) is 14.8. The number of hydrogen-bond donors (Lipinski definition) is 0. The quantitative estimate of drug-likeness (QED) is 0.453. The molecule has 1 saturated heterocycles. The lowest BCUT2D eigenvalue weighted by atomic mass is 10.2. The summed E-state index contributed by atoms with van der Waals surface area (Å²) in [4.78, 5) is 7.04. The molecule has 0 saturated carbocycles. The molecule has 1 aliphatic heterocycles. The van der Waals surface area contributed by atoms with Gasteiger partial charge in [0.1, 0.15) is 0 Å². The molecule has 4 aromatic rings. The summed E-state index contributed by atoms with van der Waals surface area (Å²) in [6, 6.07) is 20.9. The van der Waals surface area contributed by atoms with Crippen LogP contribution in [0, 0.1) is 6.92 Å². The van der Waals surface area contributed by atoms with Crippen molar-refractivity contribution in [2.75, 3.05) is 31.2 Å². The molecule has 152 valence electrons. The van der Waals surface area contributed by atoms with Gasteiger partial charge in [-0.1, -0.05) is 53.7 Å². The van der Waals surface area contributed by atoms with Crippen LogP contribution in [0.3, 0.4) is 0 Å². The highest BCUT2D eigenvalue weighted by Gasteiger charge is 2.22. The van der Waals surface area contributed by atoms with Crippen LogP contribution in [0.4, 0.5) is 5.95 Å². The molecule has 30 heavy (non-hydrogen) atoms. The van der Waals surface area contributed by atoms with E-state index in [9.17, 15) is 0 Å². The van der Waals surface area contributed by atoms with E-state index in [4.69, 9.17) is 9.72 Å². The summed E-state index contributed by atoms with van der Waals surface area (Å²) in [6.07, 6.45) is 0. The van der Waals surface area contributed by atoms with E-state index < -0.39 is 0 Å². The van der Waals surface area contributed by atoms with Crippen molar-refractivity contribution in [3.8, 4) is 5.69 Å². The summed E-state index contributed by atoms with van der Waals surface area (Å²) < 4.78 is 7.67. The van der Waals surface area contributed by atoms with Crippen molar-refractivity contribution in [1.29, 1.82) is 0 Å². The van der Waals surface area contributed by atoms with E-state index in [0.29, 0.717) is 13.2 Å². The van der Waals surface area contributed by atoms with E-state index in [1.165, 1.54) is 5.56 Å². The zero-order chi connectivity index (χ0) is 20.3. The van der Waals surface area contributed by atoms with E-state index in [2.05, 4.69) is 75.1 Å². The van der Waals surface area contributed by atoms with E-state index in [1.807, 2.05) is 12.1 Å². The van der Waals surface area contributed by atoms with Crippen LogP contribution < -0.4 is 4.90 Å². The third kappa shape index (κ3) is 3.91. The van der Waals surface area contributed by atoms with Crippen LogP contribution >= 0.6 is 11.8 Å². The highest BCUT2D eigenvalue weighted by atomic mass is 32.2. The number of pyridine rings is 1. The van der Waals surface area contributed by atoms with Crippen LogP contribution in [0.5, 0.6) is 0 Å². The van der Waals surface area contributed by atoms with Gasteiger partial charge in [0.15, 0.2) is 5.16 Å². The minimum atomic E-state index is 0.713. The number of fused-ring (bicyclic) bond motifs is 1. The monoisotopic (exact) mass is 417 g/mol. The summed E-state index contributed by atoms with van der Waals surface area (Å²) in [7, 11) is 0. The summed E-state index contributed by atoms with van der Waals surface area (Å²) in [5.74, 6) is 1.61. The molecule has 0 aliphatic carbocycles. The maximum atomic E-state index is 5.52. The van der Waals surface area contributed by atoms with Crippen molar-refractivity contribution in [3.05, 3.63) is 71.9 Å². The molecular formula is C23H23N5OS. The lowest BCUT2D eigenvalue weighted by Crippen LogP contribution is -2.37. The van der Waals surface area contributed by atoms with Crippen LogP contribution in [0.15, 0.2) is 65.8 Å². The number of hydrogen-bond acceptors (Lipinski definition) is 6. The Labute approximate surface area is 179 Å². The number of nitrogens with zero attached hydrogens (tertiary/aromatic N) is 5. The highest BCUT2D eigenvalue weighted by molar-refractivity contribution is 7.98. The smallest absolute Gasteiger partial charge is 0.232 e. The number of morpholine rings is 1. The maximum Gasteiger partial charge on any atom is 0.232 e. The van der Waals surface area contributed by atoms with Gasteiger partial charge in [-0.2, -0.15) is 0 Å². The van der Waals surface area contributed by atoms with Crippen molar-refractivity contribution in [2.24, 2.45) is 0 Å². The van der Waals surface area contributed by atoms with Gasteiger partial charge in [0.2, 0.25) is 5.95 Å². The van der Waals surface area contributed by atoms with Crippen LogP contribution in [0.25, 0.3) is 16.6 Å². The molecule has 7 heteroatoms. The van der Waals surface area contributed by atoms with Crippen LogP contribution in [-0.4, -0.2) is 46.1 Å². The fourth-order valence-corrected chi connectivity index (χ4v) is 4.42. The van der Waals surface area contributed by atoms with E-state index >= 15 is 0 Å². The van der Waals surface area contributed by atoms with Crippen molar-refractivity contribution >= 4 is 28.6 Å². The first kappa shape index (κ1) is 19.1.